The van der Waals surface area contributed by atoms with E-state index < -0.39 is 0 Å². The maximum Gasteiger partial charge on any atom is 0.272 e. The number of nitrogens with zero attached hydrogens (tertiary/aromatic N) is 4. The average Bonchev–Trinajstić information content (AvgIpc) is 3.00. The Kier molecular flexibility index (Phi) is 4.65. The average molecular weight is 275 g/mol. The van der Waals surface area contributed by atoms with Crippen molar-refractivity contribution in [1.82, 2.24) is 20.0 Å². The van der Waals surface area contributed by atoms with Crippen molar-refractivity contribution in [3.8, 4) is 0 Å². The Balaban J connectivity index is 2.05. The first kappa shape index (κ1) is 14.0. The van der Waals surface area contributed by atoms with Crippen molar-refractivity contribution in [2.24, 2.45) is 0 Å². The second-order valence-electron chi connectivity index (χ2n) is 4.11. The van der Waals surface area contributed by atoms with E-state index in [2.05, 4.69) is 25.0 Å². The lowest BCUT2D eigenvalue weighted by molar-refractivity contribution is 0.0767. The molecule has 0 spiro atoms. The van der Waals surface area contributed by atoms with Gasteiger partial charge in [-0.2, -0.15) is 4.98 Å². The Labute approximate surface area is 117 Å². The Bertz CT molecular complexity index is 552. The van der Waals surface area contributed by atoms with Crippen LogP contribution in [0.5, 0.6) is 0 Å². The van der Waals surface area contributed by atoms with Crippen molar-refractivity contribution in [2.75, 3.05) is 18.4 Å². The second-order valence-corrected chi connectivity index (χ2v) is 4.11. The molecular weight excluding hydrogens is 258 g/mol. The smallest absolute Gasteiger partial charge is 0.272 e. The van der Waals surface area contributed by atoms with E-state index in [0.717, 1.165) is 5.69 Å². The van der Waals surface area contributed by atoms with Gasteiger partial charge in [-0.15, -0.1) is 0 Å². The van der Waals surface area contributed by atoms with E-state index in [0.29, 0.717) is 31.2 Å². The summed E-state index contributed by atoms with van der Waals surface area (Å²) in [7, 11) is 0. The Morgan fingerprint density at radius 3 is 2.80 bits per heavy atom. The summed E-state index contributed by atoms with van der Waals surface area (Å²) in [5.41, 5.74) is 1.21. The number of hydrogen-bond acceptors (Lipinski definition) is 6. The Hall–Kier alpha value is -2.44. The zero-order valence-electron chi connectivity index (χ0n) is 11.5. The first-order valence-corrected chi connectivity index (χ1v) is 6.49. The fourth-order valence-corrected chi connectivity index (χ4v) is 1.78. The number of aromatic nitrogens is 3. The lowest BCUT2D eigenvalue weighted by Gasteiger charge is -2.18. The van der Waals surface area contributed by atoms with Crippen molar-refractivity contribution in [3.63, 3.8) is 0 Å². The SMILES string of the molecule is CCN(CC)C(=O)c1cc(NCc2ncon2)ccn1. The quantitative estimate of drug-likeness (QED) is 0.861. The minimum absolute atomic E-state index is 0.0711. The molecular formula is C13H17N5O2. The van der Waals surface area contributed by atoms with E-state index in [4.69, 9.17) is 0 Å². The molecule has 2 heterocycles. The van der Waals surface area contributed by atoms with E-state index in [-0.39, 0.29) is 5.91 Å². The number of hydrogen-bond donors (Lipinski definition) is 1. The summed E-state index contributed by atoms with van der Waals surface area (Å²) < 4.78 is 4.65. The lowest BCUT2D eigenvalue weighted by Crippen LogP contribution is -2.31. The molecule has 0 saturated heterocycles. The predicted octanol–water partition coefficient (Wildman–Crippen LogP) is 1.56. The van der Waals surface area contributed by atoms with Gasteiger partial charge in [0.05, 0.1) is 6.54 Å². The van der Waals surface area contributed by atoms with Crippen LogP contribution in [0.1, 0.15) is 30.2 Å². The number of carbonyl (C=O) groups is 1. The fraction of sp³-hybridized carbons (Fsp3) is 0.385. The Morgan fingerprint density at radius 1 is 1.35 bits per heavy atom. The third kappa shape index (κ3) is 3.31. The number of amides is 1. The van der Waals surface area contributed by atoms with Crippen molar-refractivity contribution in [1.29, 1.82) is 0 Å². The van der Waals surface area contributed by atoms with Gasteiger partial charge >= 0.3 is 0 Å². The topological polar surface area (TPSA) is 84.2 Å². The largest absolute Gasteiger partial charge is 0.377 e. The summed E-state index contributed by atoms with van der Waals surface area (Å²) in [6, 6.07) is 3.51. The molecule has 2 aromatic rings. The van der Waals surface area contributed by atoms with Gasteiger partial charge < -0.3 is 14.7 Å². The normalized spacial score (nSPS) is 10.3. The summed E-state index contributed by atoms with van der Waals surface area (Å²) >= 11 is 0. The van der Waals surface area contributed by atoms with Crippen LogP contribution in [0.25, 0.3) is 0 Å². The second kappa shape index (κ2) is 6.65. The third-order valence-corrected chi connectivity index (χ3v) is 2.89. The summed E-state index contributed by atoms with van der Waals surface area (Å²) in [5, 5.41) is 6.83. The summed E-state index contributed by atoms with van der Waals surface area (Å²) in [6.45, 7) is 5.65. The highest BCUT2D eigenvalue weighted by Gasteiger charge is 2.14. The van der Waals surface area contributed by atoms with Crippen LogP contribution in [0.4, 0.5) is 5.69 Å². The maximum absolute atomic E-state index is 12.2. The summed E-state index contributed by atoms with van der Waals surface area (Å²) in [6.07, 6.45) is 2.88. The zero-order chi connectivity index (χ0) is 14.4. The minimum Gasteiger partial charge on any atom is -0.377 e. The number of pyridine rings is 1. The number of rotatable bonds is 6. The Morgan fingerprint density at radius 2 is 2.15 bits per heavy atom. The van der Waals surface area contributed by atoms with Gasteiger partial charge in [0.25, 0.3) is 5.91 Å². The summed E-state index contributed by atoms with van der Waals surface area (Å²) in [4.78, 5) is 21.9. The van der Waals surface area contributed by atoms with Crippen molar-refractivity contribution in [2.45, 2.75) is 20.4 Å². The fourth-order valence-electron chi connectivity index (χ4n) is 1.78. The predicted molar refractivity (Wildman–Crippen MR) is 73.1 cm³/mol. The highest BCUT2D eigenvalue weighted by atomic mass is 16.5. The van der Waals surface area contributed by atoms with Gasteiger partial charge in [0.15, 0.2) is 5.82 Å². The number of anilines is 1. The van der Waals surface area contributed by atoms with Gasteiger partial charge in [0.1, 0.15) is 5.69 Å². The monoisotopic (exact) mass is 275 g/mol. The number of carbonyl (C=O) groups excluding carboxylic acids is 1. The van der Waals surface area contributed by atoms with Gasteiger partial charge in [0.2, 0.25) is 6.39 Å². The first-order valence-electron chi connectivity index (χ1n) is 6.49. The molecule has 0 aromatic carbocycles. The molecule has 0 fully saturated rings. The molecule has 20 heavy (non-hydrogen) atoms. The highest BCUT2D eigenvalue weighted by Crippen LogP contribution is 2.11. The van der Waals surface area contributed by atoms with Crippen LogP contribution < -0.4 is 5.32 Å². The van der Waals surface area contributed by atoms with E-state index in [1.54, 1.807) is 23.2 Å². The zero-order valence-corrected chi connectivity index (χ0v) is 11.5. The van der Waals surface area contributed by atoms with Gasteiger partial charge in [-0.3, -0.25) is 9.78 Å². The van der Waals surface area contributed by atoms with Gasteiger partial charge in [0, 0.05) is 25.0 Å². The molecule has 2 aromatic heterocycles. The van der Waals surface area contributed by atoms with Crippen molar-refractivity contribution >= 4 is 11.6 Å². The van der Waals surface area contributed by atoms with Gasteiger partial charge in [-0.05, 0) is 26.0 Å². The molecule has 1 N–H and O–H groups in total. The first-order chi connectivity index (χ1) is 9.74. The van der Waals surface area contributed by atoms with Crippen LogP contribution in [-0.4, -0.2) is 39.0 Å². The molecule has 7 heteroatoms. The number of nitrogens with one attached hydrogen (secondary N) is 1. The molecule has 0 radical (unpaired) electrons. The summed E-state index contributed by atoms with van der Waals surface area (Å²) in [5.74, 6) is 0.483. The van der Waals surface area contributed by atoms with Crippen LogP contribution in [0.3, 0.4) is 0 Å². The molecule has 1 amide bonds. The maximum atomic E-state index is 12.2. The molecule has 0 atom stereocenters. The van der Waals surface area contributed by atoms with Crippen LogP contribution >= 0.6 is 0 Å². The molecule has 0 saturated carbocycles. The van der Waals surface area contributed by atoms with Gasteiger partial charge in [-0.1, -0.05) is 5.16 Å². The van der Waals surface area contributed by atoms with Crippen LogP contribution in [0.15, 0.2) is 29.2 Å². The van der Waals surface area contributed by atoms with E-state index in [1.165, 1.54) is 6.39 Å². The van der Waals surface area contributed by atoms with Crippen molar-refractivity contribution < 1.29 is 9.32 Å². The molecule has 0 aliphatic heterocycles. The third-order valence-electron chi connectivity index (χ3n) is 2.89. The van der Waals surface area contributed by atoms with Gasteiger partial charge in [-0.25, -0.2) is 0 Å². The molecule has 0 unspecified atom stereocenters. The van der Waals surface area contributed by atoms with E-state index >= 15 is 0 Å². The van der Waals surface area contributed by atoms with E-state index in [1.807, 2.05) is 13.8 Å². The molecule has 106 valence electrons. The lowest BCUT2D eigenvalue weighted by atomic mass is 10.2. The minimum atomic E-state index is -0.0711. The molecule has 0 aliphatic carbocycles. The molecule has 7 nitrogen and oxygen atoms in total. The van der Waals surface area contributed by atoms with Crippen LogP contribution in [-0.2, 0) is 6.54 Å². The molecule has 0 aliphatic rings. The highest BCUT2D eigenvalue weighted by molar-refractivity contribution is 5.93. The van der Waals surface area contributed by atoms with Crippen molar-refractivity contribution in [3.05, 3.63) is 36.2 Å². The van der Waals surface area contributed by atoms with Crippen LogP contribution in [0, 0.1) is 0 Å². The molecule has 0 bridgehead atoms. The molecule has 2 rings (SSSR count). The standard InChI is InChI=1S/C13H17N5O2/c1-3-18(4-2)13(19)11-7-10(5-6-14-11)15-8-12-16-9-20-17-12/h5-7,9H,3-4,8H2,1-2H3,(H,14,15). The van der Waals surface area contributed by atoms with E-state index in [9.17, 15) is 4.79 Å². The van der Waals surface area contributed by atoms with Crippen LogP contribution in [0.2, 0.25) is 0 Å².